The van der Waals surface area contributed by atoms with Crippen molar-refractivity contribution in [1.29, 1.82) is 0 Å². The number of likely N-dealkylation sites (tertiary alicyclic amines) is 1. The summed E-state index contributed by atoms with van der Waals surface area (Å²) in [5.41, 5.74) is 0.568. The van der Waals surface area contributed by atoms with Gasteiger partial charge in [0.2, 0.25) is 0 Å². The van der Waals surface area contributed by atoms with Crippen molar-refractivity contribution in [2.45, 2.75) is 52.2 Å². The molecular formula is C18H27ClN2O3. The summed E-state index contributed by atoms with van der Waals surface area (Å²) in [5, 5.41) is 0.489. The average molecular weight is 355 g/mol. The number of hydrogen-bond acceptors (Lipinski definition) is 4. The maximum Gasteiger partial charge on any atom is 0.410 e. The largest absolute Gasteiger partial charge is 0.444 e. The molecule has 1 fully saturated rings. The summed E-state index contributed by atoms with van der Waals surface area (Å²) >= 11 is 5.76. The van der Waals surface area contributed by atoms with E-state index in [1.807, 2.05) is 31.7 Å². The van der Waals surface area contributed by atoms with E-state index in [4.69, 9.17) is 21.1 Å². The number of halogens is 1. The molecule has 134 valence electrons. The molecule has 1 aromatic rings. The number of hydrogen-bond donors (Lipinski definition) is 0. The molecule has 1 aliphatic rings. The summed E-state index contributed by atoms with van der Waals surface area (Å²) in [6.07, 6.45) is 4.62. The van der Waals surface area contributed by atoms with Crippen LogP contribution in [0.2, 0.25) is 5.15 Å². The van der Waals surface area contributed by atoms with E-state index in [9.17, 15) is 4.79 Å². The van der Waals surface area contributed by atoms with Crippen LogP contribution in [0.25, 0.3) is 0 Å². The minimum absolute atomic E-state index is 0.208. The fourth-order valence-corrected chi connectivity index (χ4v) is 2.84. The molecule has 1 aliphatic heterocycles. The van der Waals surface area contributed by atoms with Crippen LogP contribution in [0.5, 0.6) is 0 Å². The highest BCUT2D eigenvalue weighted by molar-refractivity contribution is 6.29. The number of carbonyl (C=O) groups is 1. The monoisotopic (exact) mass is 354 g/mol. The van der Waals surface area contributed by atoms with E-state index in [1.54, 1.807) is 12.3 Å². The molecule has 1 saturated heterocycles. The van der Waals surface area contributed by atoms with Gasteiger partial charge < -0.3 is 14.4 Å². The predicted octanol–water partition coefficient (Wildman–Crippen LogP) is 4.29. The number of amides is 1. The number of carbonyl (C=O) groups excluding carboxylic acids is 1. The molecule has 1 aromatic heterocycles. The highest BCUT2D eigenvalue weighted by atomic mass is 35.5. The molecule has 0 saturated carbocycles. The van der Waals surface area contributed by atoms with Crippen LogP contribution in [-0.2, 0) is 16.1 Å². The molecule has 1 amide bonds. The lowest BCUT2D eigenvalue weighted by Crippen LogP contribution is -2.43. The fourth-order valence-electron chi connectivity index (χ4n) is 2.72. The number of rotatable bonds is 5. The van der Waals surface area contributed by atoms with Crippen molar-refractivity contribution in [2.75, 3.05) is 19.7 Å². The summed E-state index contributed by atoms with van der Waals surface area (Å²) in [4.78, 5) is 18.0. The zero-order chi connectivity index (χ0) is 17.6. The average Bonchev–Trinajstić information content (AvgIpc) is 2.52. The first-order chi connectivity index (χ1) is 11.3. The Kier molecular flexibility index (Phi) is 6.87. The minimum atomic E-state index is -0.445. The van der Waals surface area contributed by atoms with Gasteiger partial charge in [-0.05, 0) is 57.6 Å². The summed E-state index contributed by atoms with van der Waals surface area (Å²) in [6, 6.07) is 3.68. The van der Waals surface area contributed by atoms with Gasteiger partial charge in [-0.1, -0.05) is 17.7 Å². The quantitative estimate of drug-likeness (QED) is 0.584. The second-order valence-electron chi connectivity index (χ2n) is 7.27. The summed E-state index contributed by atoms with van der Waals surface area (Å²) in [5.74, 6) is 0.467. The standard InChI is InChI=1S/C18H27ClN2O3/c1-18(2,3)24-17(22)21-9-4-5-14(12-21)8-10-23-13-15-6-7-16(19)20-11-15/h6-7,11,14H,4-5,8-10,12-13H2,1-3H3/t14-/m0/s1. The minimum Gasteiger partial charge on any atom is -0.444 e. The number of aromatic nitrogens is 1. The van der Waals surface area contributed by atoms with Gasteiger partial charge in [0.15, 0.2) is 0 Å². The Balaban J connectivity index is 1.69. The molecule has 0 N–H and O–H groups in total. The normalized spacial score (nSPS) is 18.5. The molecule has 0 spiro atoms. The first-order valence-electron chi connectivity index (χ1n) is 8.49. The highest BCUT2D eigenvalue weighted by Gasteiger charge is 2.27. The van der Waals surface area contributed by atoms with Gasteiger partial charge in [0.25, 0.3) is 0 Å². The van der Waals surface area contributed by atoms with Crippen LogP contribution in [-0.4, -0.2) is 41.3 Å². The van der Waals surface area contributed by atoms with Crippen molar-refractivity contribution in [2.24, 2.45) is 5.92 Å². The zero-order valence-electron chi connectivity index (χ0n) is 14.8. The van der Waals surface area contributed by atoms with Crippen molar-refractivity contribution in [3.63, 3.8) is 0 Å². The van der Waals surface area contributed by atoms with Crippen LogP contribution in [0, 0.1) is 5.92 Å². The Labute approximate surface area is 149 Å². The molecule has 1 atom stereocenters. The van der Waals surface area contributed by atoms with Crippen LogP contribution < -0.4 is 0 Å². The van der Waals surface area contributed by atoms with Crippen LogP contribution in [0.1, 0.15) is 45.6 Å². The van der Waals surface area contributed by atoms with Crippen molar-refractivity contribution >= 4 is 17.7 Å². The third-order valence-corrected chi connectivity index (χ3v) is 4.12. The lowest BCUT2D eigenvalue weighted by Gasteiger charge is -2.34. The smallest absolute Gasteiger partial charge is 0.410 e. The van der Waals surface area contributed by atoms with E-state index in [0.29, 0.717) is 24.3 Å². The van der Waals surface area contributed by atoms with Gasteiger partial charge in [-0.3, -0.25) is 0 Å². The Bertz CT molecular complexity index is 528. The van der Waals surface area contributed by atoms with Gasteiger partial charge in [-0.15, -0.1) is 0 Å². The molecule has 0 radical (unpaired) electrons. The van der Waals surface area contributed by atoms with Gasteiger partial charge in [-0.25, -0.2) is 9.78 Å². The lowest BCUT2D eigenvalue weighted by molar-refractivity contribution is 0.0135. The van der Waals surface area contributed by atoms with Crippen LogP contribution >= 0.6 is 11.6 Å². The Morgan fingerprint density at radius 1 is 1.42 bits per heavy atom. The SMILES string of the molecule is CC(C)(C)OC(=O)N1CCC[C@@H](CCOCc2ccc(Cl)nc2)C1. The molecule has 0 aromatic carbocycles. The topological polar surface area (TPSA) is 51.7 Å². The molecule has 2 rings (SSSR count). The van der Waals surface area contributed by atoms with E-state index in [1.165, 1.54) is 0 Å². The van der Waals surface area contributed by atoms with Crippen molar-refractivity contribution in [3.8, 4) is 0 Å². The molecular weight excluding hydrogens is 328 g/mol. The highest BCUT2D eigenvalue weighted by Crippen LogP contribution is 2.22. The van der Waals surface area contributed by atoms with E-state index in [0.717, 1.165) is 37.9 Å². The first-order valence-corrected chi connectivity index (χ1v) is 8.87. The lowest BCUT2D eigenvalue weighted by atomic mass is 9.95. The first kappa shape index (κ1) is 19.0. The Hall–Kier alpha value is -1.33. The van der Waals surface area contributed by atoms with Crippen molar-refractivity contribution in [1.82, 2.24) is 9.88 Å². The molecule has 0 unspecified atom stereocenters. The number of piperidine rings is 1. The third-order valence-electron chi connectivity index (χ3n) is 3.90. The number of nitrogens with zero attached hydrogens (tertiary/aromatic N) is 2. The maximum atomic E-state index is 12.2. The van der Waals surface area contributed by atoms with Gasteiger partial charge in [-0.2, -0.15) is 0 Å². The predicted molar refractivity (Wildman–Crippen MR) is 94.1 cm³/mol. The van der Waals surface area contributed by atoms with E-state index in [2.05, 4.69) is 4.98 Å². The van der Waals surface area contributed by atoms with Gasteiger partial charge in [0.1, 0.15) is 10.8 Å². The molecule has 2 heterocycles. The number of pyridine rings is 1. The van der Waals surface area contributed by atoms with Crippen LogP contribution in [0.4, 0.5) is 4.79 Å². The Morgan fingerprint density at radius 2 is 2.21 bits per heavy atom. The molecule has 0 bridgehead atoms. The second kappa shape index (κ2) is 8.67. The molecule has 0 aliphatic carbocycles. The molecule has 6 heteroatoms. The third kappa shape index (κ3) is 6.65. The van der Waals surface area contributed by atoms with E-state index < -0.39 is 5.60 Å². The molecule has 5 nitrogen and oxygen atoms in total. The second-order valence-corrected chi connectivity index (χ2v) is 7.65. The molecule has 24 heavy (non-hydrogen) atoms. The Morgan fingerprint density at radius 3 is 2.88 bits per heavy atom. The van der Waals surface area contributed by atoms with E-state index >= 15 is 0 Å². The fraction of sp³-hybridized carbons (Fsp3) is 0.667. The number of ether oxygens (including phenoxy) is 2. The van der Waals surface area contributed by atoms with Crippen molar-refractivity contribution < 1.29 is 14.3 Å². The maximum absolute atomic E-state index is 12.2. The summed E-state index contributed by atoms with van der Waals surface area (Å²) < 4.78 is 11.2. The van der Waals surface area contributed by atoms with Crippen LogP contribution in [0.3, 0.4) is 0 Å². The van der Waals surface area contributed by atoms with Gasteiger partial charge in [0.05, 0.1) is 6.61 Å². The summed E-state index contributed by atoms with van der Waals surface area (Å²) in [7, 11) is 0. The van der Waals surface area contributed by atoms with Gasteiger partial charge >= 0.3 is 6.09 Å². The zero-order valence-corrected chi connectivity index (χ0v) is 15.5. The van der Waals surface area contributed by atoms with Crippen LogP contribution in [0.15, 0.2) is 18.3 Å². The van der Waals surface area contributed by atoms with E-state index in [-0.39, 0.29) is 6.09 Å². The van der Waals surface area contributed by atoms with Crippen molar-refractivity contribution in [3.05, 3.63) is 29.0 Å². The summed E-state index contributed by atoms with van der Waals surface area (Å²) in [6.45, 7) is 8.43. The van der Waals surface area contributed by atoms with Gasteiger partial charge in [0, 0.05) is 25.9 Å².